The summed E-state index contributed by atoms with van der Waals surface area (Å²) in [6.07, 6.45) is 1.73. The Labute approximate surface area is 131 Å². The normalized spacial score (nSPS) is 10.8. The minimum atomic E-state index is -0.421. The van der Waals surface area contributed by atoms with Gasteiger partial charge in [-0.3, -0.25) is 4.98 Å². The van der Waals surface area contributed by atoms with E-state index in [1.54, 1.807) is 18.3 Å². The second kappa shape index (κ2) is 5.88. The number of fused-ring (bicyclic) bond motifs is 1. The molecule has 0 radical (unpaired) electrons. The molecule has 1 N–H and O–H groups in total. The van der Waals surface area contributed by atoms with Crippen molar-refractivity contribution in [2.45, 2.75) is 6.54 Å². The summed E-state index contributed by atoms with van der Waals surface area (Å²) in [5.41, 5.74) is 2.55. The van der Waals surface area contributed by atoms with E-state index >= 15 is 0 Å². The van der Waals surface area contributed by atoms with E-state index in [2.05, 4.69) is 10.3 Å². The Kier molecular flexibility index (Phi) is 3.95. The minimum absolute atomic E-state index is 0.114. The molecule has 3 rings (SSSR count). The van der Waals surface area contributed by atoms with Gasteiger partial charge in [-0.1, -0.05) is 35.3 Å². The van der Waals surface area contributed by atoms with Gasteiger partial charge in [-0.05, 0) is 35.9 Å². The number of halogens is 3. The van der Waals surface area contributed by atoms with Crippen molar-refractivity contribution in [3.8, 4) is 0 Å². The minimum Gasteiger partial charge on any atom is -0.379 e. The first kappa shape index (κ1) is 14.1. The van der Waals surface area contributed by atoms with E-state index in [9.17, 15) is 4.39 Å². The summed E-state index contributed by atoms with van der Waals surface area (Å²) in [5, 5.41) is 4.97. The van der Waals surface area contributed by atoms with E-state index < -0.39 is 5.82 Å². The molecule has 106 valence electrons. The van der Waals surface area contributed by atoms with Gasteiger partial charge in [0.2, 0.25) is 0 Å². The van der Waals surface area contributed by atoms with Gasteiger partial charge < -0.3 is 5.32 Å². The molecule has 0 unspecified atom stereocenters. The van der Waals surface area contributed by atoms with Gasteiger partial charge in [0.05, 0.1) is 16.2 Å². The molecule has 0 saturated carbocycles. The third-order valence-corrected chi connectivity index (χ3v) is 3.64. The molecule has 2 nitrogen and oxygen atoms in total. The Balaban J connectivity index is 1.89. The van der Waals surface area contributed by atoms with Crippen LogP contribution >= 0.6 is 23.2 Å². The molecule has 1 heterocycles. The second-order valence-corrected chi connectivity index (χ2v) is 5.47. The second-order valence-electron chi connectivity index (χ2n) is 4.63. The van der Waals surface area contributed by atoms with Gasteiger partial charge >= 0.3 is 0 Å². The first-order chi connectivity index (χ1) is 10.1. The van der Waals surface area contributed by atoms with Crippen LogP contribution in [-0.4, -0.2) is 4.98 Å². The molecule has 0 fully saturated rings. The number of nitrogens with one attached hydrogen (secondary N) is 1. The van der Waals surface area contributed by atoms with Gasteiger partial charge in [-0.25, -0.2) is 4.39 Å². The van der Waals surface area contributed by atoms with E-state index in [4.69, 9.17) is 23.2 Å². The Morgan fingerprint density at radius 3 is 2.76 bits per heavy atom. The molecular formula is C16H11Cl2FN2. The number of benzene rings is 2. The van der Waals surface area contributed by atoms with Crippen LogP contribution in [0.4, 0.5) is 10.1 Å². The number of rotatable bonds is 3. The standard InChI is InChI=1S/C16H11Cl2FN2/c17-12-7-11-2-1-5-20-16(11)15(8-12)21-9-10-3-4-14(19)13(18)6-10/h1-8,21H,9H2. The monoisotopic (exact) mass is 320 g/mol. The van der Waals surface area contributed by atoms with Crippen LogP contribution < -0.4 is 5.32 Å². The van der Waals surface area contributed by atoms with Gasteiger partial charge in [0.1, 0.15) is 5.82 Å². The number of aromatic nitrogens is 1. The average Bonchev–Trinajstić information content (AvgIpc) is 2.48. The summed E-state index contributed by atoms with van der Waals surface area (Å²) < 4.78 is 13.1. The Morgan fingerprint density at radius 1 is 1.10 bits per heavy atom. The smallest absolute Gasteiger partial charge is 0.141 e. The van der Waals surface area contributed by atoms with E-state index in [1.165, 1.54) is 6.07 Å². The number of pyridine rings is 1. The molecule has 5 heteroatoms. The molecule has 3 aromatic rings. The van der Waals surface area contributed by atoms with Crippen molar-refractivity contribution in [3.05, 3.63) is 70.1 Å². The molecule has 2 aromatic carbocycles. The quantitative estimate of drug-likeness (QED) is 0.709. The number of hydrogen-bond acceptors (Lipinski definition) is 2. The first-order valence-electron chi connectivity index (χ1n) is 6.35. The summed E-state index contributed by atoms with van der Waals surface area (Å²) in [7, 11) is 0. The summed E-state index contributed by atoms with van der Waals surface area (Å²) in [6.45, 7) is 0.506. The zero-order chi connectivity index (χ0) is 14.8. The number of hydrogen-bond donors (Lipinski definition) is 1. The largest absolute Gasteiger partial charge is 0.379 e. The fraction of sp³-hybridized carbons (Fsp3) is 0.0625. The predicted octanol–water partition coefficient (Wildman–Crippen LogP) is 5.29. The molecular weight excluding hydrogens is 310 g/mol. The van der Waals surface area contributed by atoms with Crippen molar-refractivity contribution in [1.29, 1.82) is 0 Å². The highest BCUT2D eigenvalue weighted by Gasteiger charge is 2.05. The molecule has 0 amide bonds. The summed E-state index contributed by atoms with van der Waals surface area (Å²) >= 11 is 11.9. The molecule has 0 saturated heterocycles. The number of anilines is 1. The maximum atomic E-state index is 13.1. The molecule has 0 aliphatic carbocycles. The van der Waals surface area contributed by atoms with E-state index in [0.717, 1.165) is 22.2 Å². The SMILES string of the molecule is Fc1ccc(CNc2cc(Cl)cc3cccnc23)cc1Cl. The number of nitrogens with zero attached hydrogens (tertiary/aromatic N) is 1. The van der Waals surface area contributed by atoms with Crippen LogP contribution in [0.25, 0.3) is 10.9 Å². The Morgan fingerprint density at radius 2 is 1.95 bits per heavy atom. The maximum Gasteiger partial charge on any atom is 0.141 e. The first-order valence-corrected chi connectivity index (χ1v) is 7.11. The van der Waals surface area contributed by atoms with E-state index in [0.29, 0.717) is 11.6 Å². The zero-order valence-corrected chi connectivity index (χ0v) is 12.4. The molecule has 0 aliphatic rings. The highest BCUT2D eigenvalue weighted by molar-refractivity contribution is 6.32. The fourth-order valence-corrected chi connectivity index (χ4v) is 2.57. The van der Waals surface area contributed by atoms with Gasteiger partial charge in [0.25, 0.3) is 0 Å². The van der Waals surface area contributed by atoms with Crippen LogP contribution in [0.2, 0.25) is 10.0 Å². The van der Waals surface area contributed by atoms with Crippen molar-refractivity contribution >= 4 is 39.8 Å². The van der Waals surface area contributed by atoms with Crippen molar-refractivity contribution in [2.75, 3.05) is 5.32 Å². The molecule has 0 aliphatic heterocycles. The molecule has 0 bridgehead atoms. The van der Waals surface area contributed by atoms with Crippen LogP contribution in [0.1, 0.15) is 5.56 Å². The molecule has 1 aromatic heterocycles. The van der Waals surface area contributed by atoms with E-state index in [1.807, 2.05) is 24.3 Å². The lowest BCUT2D eigenvalue weighted by Crippen LogP contribution is -2.01. The van der Waals surface area contributed by atoms with Crippen LogP contribution in [-0.2, 0) is 6.54 Å². The third kappa shape index (κ3) is 3.09. The van der Waals surface area contributed by atoms with Gasteiger partial charge in [0.15, 0.2) is 0 Å². The average molecular weight is 321 g/mol. The summed E-state index contributed by atoms with van der Waals surface area (Å²) in [5.74, 6) is -0.421. The van der Waals surface area contributed by atoms with E-state index in [-0.39, 0.29) is 5.02 Å². The lowest BCUT2D eigenvalue weighted by atomic mass is 10.1. The van der Waals surface area contributed by atoms with Crippen LogP contribution in [0.5, 0.6) is 0 Å². The lowest BCUT2D eigenvalue weighted by molar-refractivity contribution is 0.627. The third-order valence-electron chi connectivity index (χ3n) is 3.14. The molecule has 0 spiro atoms. The summed E-state index contributed by atoms with van der Waals surface area (Å²) in [4.78, 5) is 4.36. The predicted molar refractivity (Wildman–Crippen MR) is 85.5 cm³/mol. The molecule has 0 atom stereocenters. The lowest BCUT2D eigenvalue weighted by Gasteiger charge is -2.10. The highest BCUT2D eigenvalue weighted by Crippen LogP contribution is 2.27. The Bertz CT molecular complexity index is 805. The van der Waals surface area contributed by atoms with Crippen LogP contribution in [0, 0.1) is 5.82 Å². The summed E-state index contributed by atoms with van der Waals surface area (Å²) in [6, 6.07) is 12.1. The van der Waals surface area contributed by atoms with Crippen LogP contribution in [0.3, 0.4) is 0 Å². The molecule has 21 heavy (non-hydrogen) atoms. The fourth-order valence-electron chi connectivity index (χ4n) is 2.14. The van der Waals surface area contributed by atoms with Crippen molar-refractivity contribution in [3.63, 3.8) is 0 Å². The highest BCUT2D eigenvalue weighted by atomic mass is 35.5. The van der Waals surface area contributed by atoms with Gasteiger partial charge in [-0.15, -0.1) is 0 Å². The van der Waals surface area contributed by atoms with Gasteiger partial charge in [0, 0.05) is 23.2 Å². The van der Waals surface area contributed by atoms with Crippen LogP contribution in [0.15, 0.2) is 48.7 Å². The van der Waals surface area contributed by atoms with Crippen molar-refractivity contribution in [1.82, 2.24) is 4.98 Å². The van der Waals surface area contributed by atoms with Crippen molar-refractivity contribution < 1.29 is 4.39 Å². The Hall–Kier alpha value is -1.84. The maximum absolute atomic E-state index is 13.1. The zero-order valence-electron chi connectivity index (χ0n) is 10.9. The topological polar surface area (TPSA) is 24.9 Å². The van der Waals surface area contributed by atoms with Gasteiger partial charge in [-0.2, -0.15) is 0 Å². The van der Waals surface area contributed by atoms with Crippen molar-refractivity contribution in [2.24, 2.45) is 0 Å².